The van der Waals surface area contributed by atoms with Crippen LogP contribution in [0.1, 0.15) is 135 Å². The predicted octanol–water partition coefficient (Wildman–Crippen LogP) is 15.7. The molecule has 1 atom stereocenters. The van der Waals surface area contributed by atoms with E-state index in [1.54, 1.807) is 20.6 Å². The van der Waals surface area contributed by atoms with E-state index in [9.17, 15) is 52.7 Å². The van der Waals surface area contributed by atoms with Gasteiger partial charge in [0.1, 0.15) is 11.5 Å². The maximum atomic E-state index is 14.6. The lowest BCUT2D eigenvalue weighted by Gasteiger charge is -2.39. The summed E-state index contributed by atoms with van der Waals surface area (Å²) < 4.78 is 187. The molecule has 2 nitrogen and oxygen atoms in total. The monoisotopic (exact) mass is 1020 g/mol. The first kappa shape index (κ1) is 56.4. The quantitative estimate of drug-likeness (QED) is 0.123. The average molecular weight is 1020 g/mol. The largest absolute Gasteiger partial charge is 0.496 e. The third-order valence-corrected chi connectivity index (χ3v) is 17.0. The number of rotatable bonds is 9. The number of methoxy groups -OCH3 is 2. The first-order valence-electron chi connectivity index (χ1n) is 22.0. The van der Waals surface area contributed by atoms with Crippen LogP contribution in [0, 0.1) is 30.8 Å². The highest BCUT2D eigenvalue weighted by atomic mass is 31.1. The molecule has 1 saturated carbocycles. The molecule has 0 unspecified atom stereocenters. The van der Waals surface area contributed by atoms with E-state index in [1.807, 2.05) is 114 Å². The van der Waals surface area contributed by atoms with Gasteiger partial charge in [0, 0.05) is 27.9 Å². The van der Waals surface area contributed by atoms with E-state index in [0.29, 0.717) is 41.7 Å². The summed E-state index contributed by atoms with van der Waals surface area (Å²) in [6.45, 7) is 26.1. The molecule has 0 N–H and O–H groups in total. The lowest BCUT2D eigenvalue weighted by Crippen LogP contribution is -2.32. The van der Waals surface area contributed by atoms with Crippen molar-refractivity contribution in [3.63, 3.8) is 0 Å². The molecule has 4 aromatic carbocycles. The van der Waals surface area contributed by atoms with E-state index in [4.69, 9.17) is 9.47 Å². The van der Waals surface area contributed by atoms with E-state index in [-0.39, 0.29) is 17.8 Å². The van der Waals surface area contributed by atoms with Crippen LogP contribution in [-0.2, 0) is 46.4 Å². The molecule has 0 saturated heterocycles. The normalized spacial score (nSPS) is 16.0. The Labute approximate surface area is 401 Å². The van der Waals surface area contributed by atoms with Gasteiger partial charge >= 0.3 is 24.7 Å². The lowest BCUT2D eigenvalue weighted by molar-refractivity contribution is -0.144. The zero-order valence-corrected chi connectivity index (χ0v) is 43.1. The number of alkyl halides is 12. The lowest BCUT2D eigenvalue weighted by atomic mass is 9.79. The second-order valence-electron chi connectivity index (χ2n) is 21.4. The summed E-state index contributed by atoms with van der Waals surface area (Å²) in [6, 6.07) is 9.45. The maximum absolute atomic E-state index is 14.6. The van der Waals surface area contributed by atoms with Crippen molar-refractivity contribution in [3.05, 3.63) is 136 Å². The Kier molecular flexibility index (Phi) is 15.7. The second kappa shape index (κ2) is 19.2. The summed E-state index contributed by atoms with van der Waals surface area (Å²) in [5.74, 6) is 1.61. The first-order valence-corrected chi connectivity index (χ1v) is 24.8. The van der Waals surface area contributed by atoms with E-state index < -0.39 is 101 Å². The van der Waals surface area contributed by atoms with Crippen molar-refractivity contribution >= 4 is 37.1 Å². The van der Waals surface area contributed by atoms with Gasteiger partial charge in [-0.15, -0.1) is 0 Å². The highest BCUT2D eigenvalue weighted by Gasteiger charge is 2.47. The van der Waals surface area contributed by atoms with E-state index in [0.717, 1.165) is 32.9 Å². The summed E-state index contributed by atoms with van der Waals surface area (Å²) in [5, 5.41) is 0.109. The van der Waals surface area contributed by atoms with Gasteiger partial charge in [0.05, 0.1) is 36.5 Å². The molecule has 1 aliphatic carbocycles. The maximum Gasteiger partial charge on any atom is 0.416 e. The molecule has 1 fully saturated rings. The molecule has 0 heterocycles. The topological polar surface area (TPSA) is 18.5 Å². The summed E-state index contributed by atoms with van der Waals surface area (Å²) >= 11 is 0. The minimum absolute atomic E-state index is 0.00824. The Hall–Kier alpha value is -3.50. The Morgan fingerprint density at radius 2 is 0.667 bits per heavy atom. The summed E-state index contributed by atoms with van der Waals surface area (Å²) in [7, 11) is -1.62. The van der Waals surface area contributed by atoms with Crippen molar-refractivity contribution in [2.24, 2.45) is 0 Å². The molecule has 0 spiro atoms. The van der Waals surface area contributed by atoms with Crippen LogP contribution in [0.3, 0.4) is 0 Å². The molecule has 1 aliphatic rings. The second-order valence-corrected chi connectivity index (χ2v) is 26.2. The van der Waals surface area contributed by atoms with Crippen LogP contribution in [0.2, 0.25) is 0 Å². The number of hydrogen-bond acceptors (Lipinski definition) is 2. The van der Waals surface area contributed by atoms with Gasteiger partial charge in [-0.3, -0.25) is 0 Å². The van der Waals surface area contributed by atoms with Gasteiger partial charge < -0.3 is 9.47 Å². The van der Waals surface area contributed by atoms with Gasteiger partial charge in [-0.25, -0.2) is 0 Å². The minimum atomic E-state index is -5.38. The fourth-order valence-corrected chi connectivity index (χ4v) is 14.0. The zero-order valence-electron chi connectivity index (χ0n) is 41.3. The summed E-state index contributed by atoms with van der Waals surface area (Å²) in [4.78, 5) is 0. The molecular formula is C53H59F12O2P2. The minimum Gasteiger partial charge on any atom is -0.496 e. The Balaban J connectivity index is 1.97. The third kappa shape index (κ3) is 12.4. The van der Waals surface area contributed by atoms with Crippen LogP contribution in [0.5, 0.6) is 11.5 Å². The van der Waals surface area contributed by atoms with Gasteiger partial charge in [0.15, 0.2) is 0 Å². The first-order chi connectivity index (χ1) is 31.1. The van der Waals surface area contributed by atoms with Gasteiger partial charge in [-0.05, 0) is 150 Å². The van der Waals surface area contributed by atoms with Crippen LogP contribution < -0.4 is 30.7 Å². The highest BCUT2D eigenvalue weighted by molar-refractivity contribution is 7.76. The Morgan fingerprint density at radius 1 is 0.391 bits per heavy atom. The predicted molar refractivity (Wildman–Crippen MR) is 255 cm³/mol. The van der Waals surface area contributed by atoms with Crippen molar-refractivity contribution in [2.75, 3.05) is 14.2 Å². The molecular weight excluding hydrogens is 959 g/mol. The van der Waals surface area contributed by atoms with E-state index in [1.165, 1.54) is 12.8 Å². The molecule has 69 heavy (non-hydrogen) atoms. The van der Waals surface area contributed by atoms with Crippen LogP contribution in [0.15, 0.2) is 60.7 Å². The number of halogens is 12. The highest BCUT2D eigenvalue weighted by Crippen LogP contribution is 2.63. The van der Waals surface area contributed by atoms with Gasteiger partial charge in [-0.1, -0.05) is 90.0 Å². The summed E-state index contributed by atoms with van der Waals surface area (Å²) in [6.07, 6.45) is -17.1. The number of hydrogen-bond donors (Lipinski definition) is 0. The third-order valence-electron chi connectivity index (χ3n) is 11.9. The Morgan fingerprint density at radius 3 is 0.899 bits per heavy atom. The molecule has 0 aliphatic heterocycles. The molecule has 0 bridgehead atoms. The van der Waals surface area contributed by atoms with Crippen molar-refractivity contribution in [1.29, 1.82) is 0 Å². The van der Waals surface area contributed by atoms with Crippen LogP contribution in [-0.4, -0.2) is 19.9 Å². The SMILES string of the molecule is COc1c(C(C)(C)C)cc(P(c2cc(C(C)(C)C)c(OC)c(C(C)(C)C)c2)[C@@H](C)[C]2[CH][CH][CH][C]2P(c2cc(C(F)(F)F)cc(C(F)(F)F)c2)c2cc(C(F)(F)F)cc(C(F)(F)F)c2)cc1C(C)(C)C. The van der Waals surface area contributed by atoms with E-state index in [2.05, 4.69) is 0 Å². The fraction of sp³-hybridized carbons (Fsp3) is 0.453. The molecule has 16 heteroatoms. The van der Waals surface area contributed by atoms with Gasteiger partial charge in [0.25, 0.3) is 0 Å². The molecule has 0 amide bonds. The van der Waals surface area contributed by atoms with Gasteiger partial charge in [-0.2, -0.15) is 52.7 Å². The van der Waals surface area contributed by atoms with E-state index >= 15 is 0 Å². The zero-order chi connectivity index (χ0) is 52.6. The standard InChI is InChI=1S/C53H59F12O2P2/c1-29(68(36-25-39(46(2,3)4)44(66-14)40(26-36)47(5,6)7)37-27-41(48(8,9)10)45(67-15)42(28-37)49(11,12)13)38-17-16-18-43(38)69(34-21-30(50(54,55)56)19-31(22-34)51(57,58)59)35-23-32(52(60,61)62)20-33(24-35)53(63,64)65/h16-29H,1-15H3/t29-/m0/s1. The number of benzene rings is 4. The van der Waals surface area contributed by atoms with Crippen molar-refractivity contribution < 1.29 is 62.2 Å². The molecule has 4 aromatic rings. The average Bonchev–Trinajstić information content (AvgIpc) is 3.67. The Bertz CT molecular complexity index is 2200. The molecule has 5 rings (SSSR count). The summed E-state index contributed by atoms with van der Waals surface area (Å²) in [5.41, 5.74) is -6.53. The number of ether oxygens (including phenoxy) is 2. The molecule has 377 valence electrons. The molecule has 5 radical (unpaired) electrons. The fourth-order valence-electron chi connectivity index (χ4n) is 8.45. The van der Waals surface area contributed by atoms with Crippen LogP contribution in [0.4, 0.5) is 52.7 Å². The van der Waals surface area contributed by atoms with Crippen molar-refractivity contribution in [2.45, 2.75) is 142 Å². The van der Waals surface area contributed by atoms with Crippen molar-refractivity contribution in [3.8, 4) is 11.5 Å². The van der Waals surface area contributed by atoms with Crippen LogP contribution >= 0.6 is 15.8 Å². The smallest absolute Gasteiger partial charge is 0.416 e. The molecule has 0 aromatic heterocycles. The van der Waals surface area contributed by atoms with Crippen LogP contribution in [0.25, 0.3) is 0 Å². The van der Waals surface area contributed by atoms with Crippen molar-refractivity contribution in [1.82, 2.24) is 0 Å². The van der Waals surface area contributed by atoms with Gasteiger partial charge in [0.2, 0.25) is 0 Å².